The molecule has 3 N–H and O–H groups in total. The van der Waals surface area contributed by atoms with Crippen molar-refractivity contribution in [3.05, 3.63) is 42.1 Å². The molecule has 0 spiro atoms. The zero-order valence-corrected chi connectivity index (χ0v) is 13.3. The van der Waals surface area contributed by atoms with Crippen molar-refractivity contribution in [3.63, 3.8) is 0 Å². The maximum atomic E-state index is 12.2. The van der Waals surface area contributed by atoms with E-state index in [1.807, 2.05) is 0 Å². The zero-order valence-electron chi connectivity index (χ0n) is 12.5. The summed E-state index contributed by atoms with van der Waals surface area (Å²) in [5.41, 5.74) is 0.411. The Labute approximate surface area is 133 Å². The average Bonchev–Trinajstić information content (AvgIpc) is 2.99. The Hall–Kier alpha value is -2.52. The van der Waals surface area contributed by atoms with Crippen LogP contribution >= 0.6 is 0 Å². The maximum Gasteiger partial charge on any atom is 0.243 e. The van der Waals surface area contributed by atoms with Gasteiger partial charge in [-0.15, -0.1) is 0 Å². The van der Waals surface area contributed by atoms with Crippen molar-refractivity contribution in [2.24, 2.45) is 0 Å². The number of aromatic amines is 1. The molecule has 1 amide bonds. The molecule has 0 radical (unpaired) electrons. The van der Waals surface area contributed by atoms with Crippen molar-refractivity contribution in [1.82, 2.24) is 14.9 Å². The molecule has 0 fully saturated rings. The Balaban J connectivity index is 2.07. The predicted octanol–water partition coefficient (Wildman–Crippen LogP) is 0.918. The first-order chi connectivity index (χ1) is 10.8. The second-order valence-corrected chi connectivity index (χ2v) is 6.60. The lowest BCUT2D eigenvalue weighted by Crippen LogP contribution is -2.41. The van der Waals surface area contributed by atoms with Gasteiger partial charge in [-0.2, -0.15) is 9.82 Å². The molecular formula is C14H16N4O4S. The van der Waals surface area contributed by atoms with Gasteiger partial charge in [0.05, 0.1) is 17.1 Å². The van der Waals surface area contributed by atoms with E-state index in [0.717, 1.165) is 0 Å². The largest absolute Gasteiger partial charge is 0.310 e. The van der Waals surface area contributed by atoms with Gasteiger partial charge in [0, 0.05) is 11.6 Å². The normalized spacial score (nSPS) is 12.6. The molecule has 0 aliphatic carbocycles. The average molecular weight is 336 g/mol. The van der Waals surface area contributed by atoms with Gasteiger partial charge >= 0.3 is 0 Å². The Morgan fingerprint density at radius 3 is 2.35 bits per heavy atom. The first-order valence-corrected chi connectivity index (χ1v) is 8.21. The fourth-order valence-electron chi connectivity index (χ4n) is 1.79. The van der Waals surface area contributed by atoms with E-state index in [0.29, 0.717) is 11.4 Å². The third-order valence-corrected chi connectivity index (χ3v) is 4.61. The molecule has 122 valence electrons. The molecule has 8 nitrogen and oxygen atoms in total. The lowest BCUT2D eigenvalue weighted by Gasteiger charge is -2.13. The molecule has 1 heterocycles. The number of H-pyrrole nitrogens is 1. The third-order valence-electron chi connectivity index (χ3n) is 3.05. The molecule has 1 atom stereocenters. The van der Waals surface area contributed by atoms with Crippen molar-refractivity contribution >= 4 is 27.5 Å². The topological polar surface area (TPSA) is 121 Å². The number of ketones is 1. The smallest absolute Gasteiger partial charge is 0.243 e. The molecule has 0 saturated carbocycles. The Kier molecular flexibility index (Phi) is 4.92. The number of hydrogen-bond acceptors (Lipinski definition) is 5. The van der Waals surface area contributed by atoms with E-state index in [-0.39, 0.29) is 10.7 Å². The van der Waals surface area contributed by atoms with Gasteiger partial charge in [0.2, 0.25) is 15.9 Å². The standard InChI is InChI=1S/C14H16N4O4S/c1-9(14(20)16-13-7-8-15-17-13)18-23(21,22)12-5-3-11(4-6-12)10(2)19/h3-9,18H,1-2H3,(H2,15,16,17,20)/t9-/m0/s1. The van der Waals surface area contributed by atoms with E-state index in [1.165, 1.54) is 44.3 Å². The molecule has 0 saturated heterocycles. The van der Waals surface area contributed by atoms with Crippen LogP contribution in [0, 0.1) is 0 Å². The number of anilines is 1. The molecule has 2 rings (SSSR count). The lowest BCUT2D eigenvalue weighted by atomic mass is 10.2. The highest BCUT2D eigenvalue weighted by Gasteiger charge is 2.22. The van der Waals surface area contributed by atoms with E-state index >= 15 is 0 Å². The van der Waals surface area contributed by atoms with Gasteiger partial charge in [-0.1, -0.05) is 12.1 Å². The molecular weight excluding hydrogens is 320 g/mol. The first kappa shape index (κ1) is 16.8. The van der Waals surface area contributed by atoms with Crippen LogP contribution in [0.2, 0.25) is 0 Å². The molecule has 0 unspecified atom stereocenters. The minimum Gasteiger partial charge on any atom is -0.310 e. The number of carbonyl (C=O) groups is 2. The third kappa shape index (κ3) is 4.24. The highest BCUT2D eigenvalue weighted by molar-refractivity contribution is 7.89. The summed E-state index contributed by atoms with van der Waals surface area (Å²) in [4.78, 5) is 23.1. The Bertz CT molecular complexity index is 798. The van der Waals surface area contributed by atoms with Crippen LogP contribution in [0.4, 0.5) is 5.82 Å². The van der Waals surface area contributed by atoms with E-state index < -0.39 is 22.0 Å². The number of sulfonamides is 1. The summed E-state index contributed by atoms with van der Waals surface area (Å²) in [6.07, 6.45) is 1.46. The SMILES string of the molecule is CC(=O)c1ccc(S(=O)(=O)N[C@@H](C)C(=O)Nc2ccn[nH]2)cc1. The van der Waals surface area contributed by atoms with Crippen LogP contribution in [-0.2, 0) is 14.8 Å². The van der Waals surface area contributed by atoms with Gasteiger partial charge in [0.15, 0.2) is 5.78 Å². The van der Waals surface area contributed by atoms with E-state index in [4.69, 9.17) is 0 Å². The van der Waals surface area contributed by atoms with Crippen LogP contribution in [0.3, 0.4) is 0 Å². The van der Waals surface area contributed by atoms with Crippen LogP contribution in [0.1, 0.15) is 24.2 Å². The summed E-state index contributed by atoms with van der Waals surface area (Å²) >= 11 is 0. The molecule has 0 aliphatic heterocycles. The van der Waals surface area contributed by atoms with Gasteiger partial charge < -0.3 is 5.32 Å². The molecule has 2 aromatic rings. The van der Waals surface area contributed by atoms with Gasteiger partial charge in [0.1, 0.15) is 5.82 Å². The summed E-state index contributed by atoms with van der Waals surface area (Å²) in [5.74, 6) is -0.320. The number of benzene rings is 1. The second-order valence-electron chi connectivity index (χ2n) is 4.88. The number of aromatic nitrogens is 2. The summed E-state index contributed by atoms with van der Waals surface area (Å²) < 4.78 is 26.7. The minimum absolute atomic E-state index is 0.0244. The summed E-state index contributed by atoms with van der Waals surface area (Å²) in [6, 6.07) is 6.03. The molecule has 23 heavy (non-hydrogen) atoms. The number of amides is 1. The van der Waals surface area contributed by atoms with Crippen molar-refractivity contribution in [1.29, 1.82) is 0 Å². The number of nitrogens with one attached hydrogen (secondary N) is 3. The fourth-order valence-corrected chi connectivity index (χ4v) is 2.99. The fraction of sp³-hybridized carbons (Fsp3) is 0.214. The van der Waals surface area contributed by atoms with Gasteiger partial charge in [0.25, 0.3) is 0 Å². The molecule has 1 aromatic carbocycles. The van der Waals surface area contributed by atoms with Gasteiger partial charge in [-0.3, -0.25) is 14.7 Å². The van der Waals surface area contributed by atoms with Crippen LogP contribution in [-0.4, -0.2) is 36.3 Å². The van der Waals surface area contributed by atoms with Crippen LogP contribution in [0.5, 0.6) is 0 Å². The highest BCUT2D eigenvalue weighted by atomic mass is 32.2. The number of nitrogens with zero attached hydrogens (tertiary/aromatic N) is 1. The molecule has 1 aromatic heterocycles. The van der Waals surface area contributed by atoms with Gasteiger partial charge in [-0.05, 0) is 26.0 Å². The van der Waals surface area contributed by atoms with Crippen molar-refractivity contribution in [2.75, 3.05) is 5.32 Å². The Morgan fingerprint density at radius 1 is 1.17 bits per heavy atom. The quantitative estimate of drug-likeness (QED) is 0.677. The second kappa shape index (κ2) is 6.71. The summed E-state index contributed by atoms with van der Waals surface area (Å²) in [6.45, 7) is 2.82. The number of rotatable bonds is 6. The van der Waals surface area contributed by atoms with E-state index in [2.05, 4.69) is 20.2 Å². The Morgan fingerprint density at radius 2 is 1.83 bits per heavy atom. The maximum absolute atomic E-state index is 12.2. The number of Topliss-reactive ketones (excluding diaryl/α,β-unsaturated/α-hetero) is 1. The lowest BCUT2D eigenvalue weighted by molar-refractivity contribution is -0.117. The molecule has 0 aliphatic rings. The molecule has 9 heteroatoms. The van der Waals surface area contributed by atoms with Crippen LogP contribution < -0.4 is 10.0 Å². The molecule has 0 bridgehead atoms. The highest BCUT2D eigenvalue weighted by Crippen LogP contribution is 2.12. The van der Waals surface area contributed by atoms with Crippen LogP contribution in [0.25, 0.3) is 0 Å². The van der Waals surface area contributed by atoms with Crippen molar-refractivity contribution < 1.29 is 18.0 Å². The minimum atomic E-state index is -3.87. The number of hydrogen-bond donors (Lipinski definition) is 3. The van der Waals surface area contributed by atoms with Crippen LogP contribution in [0.15, 0.2) is 41.4 Å². The monoisotopic (exact) mass is 336 g/mol. The predicted molar refractivity (Wildman–Crippen MR) is 83.4 cm³/mol. The van der Waals surface area contributed by atoms with Crippen molar-refractivity contribution in [3.8, 4) is 0 Å². The van der Waals surface area contributed by atoms with E-state index in [9.17, 15) is 18.0 Å². The summed E-state index contributed by atoms with van der Waals surface area (Å²) in [5, 5.41) is 8.71. The summed E-state index contributed by atoms with van der Waals surface area (Å²) in [7, 11) is -3.87. The number of carbonyl (C=O) groups excluding carboxylic acids is 2. The zero-order chi connectivity index (χ0) is 17.0. The van der Waals surface area contributed by atoms with Crippen molar-refractivity contribution in [2.45, 2.75) is 24.8 Å². The van der Waals surface area contributed by atoms with E-state index in [1.54, 1.807) is 6.07 Å². The van der Waals surface area contributed by atoms with Gasteiger partial charge in [-0.25, -0.2) is 8.42 Å². The first-order valence-electron chi connectivity index (χ1n) is 6.73.